The topological polar surface area (TPSA) is 80.3 Å². The summed E-state index contributed by atoms with van der Waals surface area (Å²) in [4.78, 5) is 28.7. The Hall–Kier alpha value is -2.41. The number of anilines is 1. The minimum atomic E-state index is -0.670. The molecule has 0 fully saturated rings. The van der Waals surface area contributed by atoms with Crippen LogP contribution >= 0.6 is 11.3 Å². The fourth-order valence-electron chi connectivity index (χ4n) is 1.64. The van der Waals surface area contributed by atoms with Crippen LogP contribution in [0.5, 0.6) is 5.75 Å². The first-order valence-electron chi connectivity index (χ1n) is 6.75. The predicted molar refractivity (Wildman–Crippen MR) is 85.0 cm³/mol. The van der Waals surface area contributed by atoms with Crippen LogP contribution in [-0.4, -0.2) is 29.4 Å². The Balaban J connectivity index is 1.76. The van der Waals surface area contributed by atoms with Crippen LogP contribution in [0.4, 0.5) is 5.13 Å². The summed E-state index contributed by atoms with van der Waals surface area (Å²) in [6.45, 7) is 3.37. The highest BCUT2D eigenvalue weighted by atomic mass is 32.1. The van der Waals surface area contributed by atoms with Crippen LogP contribution in [0.1, 0.15) is 11.8 Å². The maximum Gasteiger partial charge on any atom is 0.258 e. The number of carbonyl (C=O) groups excluding carboxylic acids is 2. The van der Waals surface area contributed by atoms with Gasteiger partial charge in [-0.15, -0.1) is 11.3 Å². The zero-order valence-electron chi connectivity index (χ0n) is 12.3. The Labute approximate surface area is 132 Å². The molecule has 1 heterocycles. The Morgan fingerprint density at radius 2 is 2.05 bits per heavy atom. The van der Waals surface area contributed by atoms with Gasteiger partial charge in [0.2, 0.25) is 5.91 Å². The zero-order chi connectivity index (χ0) is 15.9. The average Bonchev–Trinajstić information content (AvgIpc) is 2.91. The van der Waals surface area contributed by atoms with E-state index in [9.17, 15) is 9.59 Å². The van der Waals surface area contributed by atoms with Crippen LogP contribution in [0.15, 0.2) is 36.5 Å². The van der Waals surface area contributed by atoms with E-state index in [0.717, 1.165) is 4.88 Å². The van der Waals surface area contributed by atoms with Crippen molar-refractivity contribution in [1.29, 1.82) is 0 Å². The Kier molecular flexibility index (Phi) is 5.48. The van der Waals surface area contributed by atoms with Crippen molar-refractivity contribution in [1.82, 2.24) is 10.3 Å². The maximum atomic E-state index is 11.9. The number of aromatic nitrogens is 1. The summed E-state index contributed by atoms with van der Waals surface area (Å²) in [5.41, 5.74) is 0. The number of para-hydroxylation sites is 1. The number of rotatable bonds is 6. The first-order valence-corrected chi connectivity index (χ1v) is 7.57. The highest BCUT2D eigenvalue weighted by Gasteiger charge is 2.17. The summed E-state index contributed by atoms with van der Waals surface area (Å²) in [5, 5.41) is 5.75. The molecule has 0 aliphatic rings. The number of benzene rings is 1. The van der Waals surface area contributed by atoms with E-state index in [0.29, 0.717) is 10.9 Å². The van der Waals surface area contributed by atoms with Gasteiger partial charge in [-0.2, -0.15) is 0 Å². The third kappa shape index (κ3) is 4.85. The van der Waals surface area contributed by atoms with Gasteiger partial charge in [0, 0.05) is 11.1 Å². The predicted octanol–water partition coefficient (Wildman–Crippen LogP) is 1.97. The molecule has 1 atom stereocenters. The minimum absolute atomic E-state index is 0.141. The highest BCUT2D eigenvalue weighted by molar-refractivity contribution is 7.15. The van der Waals surface area contributed by atoms with Crippen molar-refractivity contribution in [2.45, 2.75) is 19.9 Å². The summed E-state index contributed by atoms with van der Waals surface area (Å²) in [6.07, 6.45) is 1.68. The molecule has 2 N–H and O–H groups in total. The van der Waals surface area contributed by atoms with Gasteiger partial charge in [-0.3, -0.25) is 9.59 Å². The third-order valence-electron chi connectivity index (χ3n) is 2.74. The summed E-state index contributed by atoms with van der Waals surface area (Å²) >= 11 is 1.38. The number of hydrogen-bond donors (Lipinski definition) is 2. The molecule has 0 unspecified atom stereocenters. The quantitative estimate of drug-likeness (QED) is 0.853. The first kappa shape index (κ1) is 16.0. The van der Waals surface area contributed by atoms with Crippen LogP contribution in [0, 0.1) is 6.92 Å². The van der Waals surface area contributed by atoms with E-state index >= 15 is 0 Å². The van der Waals surface area contributed by atoms with E-state index in [-0.39, 0.29) is 18.4 Å². The van der Waals surface area contributed by atoms with Crippen molar-refractivity contribution in [2.75, 3.05) is 11.9 Å². The second-order valence-corrected chi connectivity index (χ2v) is 5.89. The molecule has 2 rings (SSSR count). The van der Waals surface area contributed by atoms with Crippen molar-refractivity contribution in [3.63, 3.8) is 0 Å². The van der Waals surface area contributed by atoms with Crippen LogP contribution < -0.4 is 15.4 Å². The van der Waals surface area contributed by atoms with Gasteiger partial charge in [0.15, 0.2) is 11.7 Å². The van der Waals surface area contributed by atoms with Crippen LogP contribution in [0.3, 0.4) is 0 Å². The Morgan fingerprint density at radius 1 is 1.32 bits per heavy atom. The lowest BCUT2D eigenvalue weighted by molar-refractivity contribution is -0.127. The van der Waals surface area contributed by atoms with Crippen molar-refractivity contribution in [2.24, 2.45) is 0 Å². The fourth-order valence-corrected chi connectivity index (χ4v) is 2.31. The Morgan fingerprint density at radius 3 is 2.68 bits per heavy atom. The van der Waals surface area contributed by atoms with E-state index in [1.807, 2.05) is 25.1 Å². The van der Waals surface area contributed by atoms with Gasteiger partial charge < -0.3 is 15.4 Å². The number of amides is 2. The molecule has 22 heavy (non-hydrogen) atoms. The van der Waals surface area contributed by atoms with Crippen molar-refractivity contribution in [3.8, 4) is 5.75 Å². The van der Waals surface area contributed by atoms with E-state index in [4.69, 9.17) is 4.74 Å². The van der Waals surface area contributed by atoms with Gasteiger partial charge in [-0.1, -0.05) is 18.2 Å². The van der Waals surface area contributed by atoms with Gasteiger partial charge in [-0.05, 0) is 26.0 Å². The SMILES string of the molecule is Cc1cnc(NC(=O)[C@@H](C)NC(=O)COc2ccccc2)s1. The van der Waals surface area contributed by atoms with Crippen molar-refractivity contribution < 1.29 is 14.3 Å². The lowest BCUT2D eigenvalue weighted by Crippen LogP contribution is -2.43. The van der Waals surface area contributed by atoms with Crippen molar-refractivity contribution in [3.05, 3.63) is 41.4 Å². The van der Waals surface area contributed by atoms with Crippen LogP contribution in [0.25, 0.3) is 0 Å². The van der Waals surface area contributed by atoms with E-state index in [1.54, 1.807) is 25.3 Å². The fraction of sp³-hybridized carbons (Fsp3) is 0.267. The second-order valence-electron chi connectivity index (χ2n) is 4.66. The summed E-state index contributed by atoms with van der Waals surface area (Å²) in [5.74, 6) is -0.0720. The molecule has 2 amide bonds. The lowest BCUT2D eigenvalue weighted by atomic mass is 10.3. The van der Waals surface area contributed by atoms with Crippen LogP contribution in [-0.2, 0) is 9.59 Å². The number of aryl methyl sites for hydroxylation is 1. The summed E-state index contributed by atoms with van der Waals surface area (Å²) in [7, 11) is 0. The third-order valence-corrected chi connectivity index (χ3v) is 3.56. The van der Waals surface area contributed by atoms with Crippen molar-refractivity contribution >= 4 is 28.3 Å². The zero-order valence-corrected chi connectivity index (χ0v) is 13.1. The van der Waals surface area contributed by atoms with Gasteiger partial charge in [0.05, 0.1) is 0 Å². The molecule has 0 spiro atoms. The lowest BCUT2D eigenvalue weighted by Gasteiger charge is -2.13. The van der Waals surface area contributed by atoms with E-state index < -0.39 is 6.04 Å². The molecule has 0 bridgehead atoms. The first-order chi connectivity index (χ1) is 10.5. The molecule has 6 nitrogen and oxygen atoms in total. The van der Waals surface area contributed by atoms with Gasteiger partial charge >= 0.3 is 0 Å². The van der Waals surface area contributed by atoms with E-state index in [2.05, 4.69) is 15.6 Å². The highest BCUT2D eigenvalue weighted by Crippen LogP contribution is 2.16. The smallest absolute Gasteiger partial charge is 0.258 e. The monoisotopic (exact) mass is 319 g/mol. The number of nitrogens with zero attached hydrogens (tertiary/aromatic N) is 1. The molecule has 0 aliphatic heterocycles. The van der Waals surface area contributed by atoms with Gasteiger partial charge in [0.1, 0.15) is 11.8 Å². The molecule has 0 saturated carbocycles. The number of hydrogen-bond acceptors (Lipinski definition) is 5. The van der Waals surface area contributed by atoms with Gasteiger partial charge in [-0.25, -0.2) is 4.98 Å². The molecule has 0 aliphatic carbocycles. The number of ether oxygens (including phenoxy) is 1. The molecule has 2 aromatic rings. The molecule has 1 aromatic carbocycles. The largest absolute Gasteiger partial charge is 0.484 e. The standard InChI is InChI=1S/C15H17N3O3S/c1-10-8-16-15(22-10)18-14(20)11(2)17-13(19)9-21-12-6-4-3-5-7-12/h3-8,11H,9H2,1-2H3,(H,17,19)(H,16,18,20)/t11-/m1/s1. The van der Waals surface area contributed by atoms with Crippen LogP contribution in [0.2, 0.25) is 0 Å². The maximum absolute atomic E-state index is 11.9. The average molecular weight is 319 g/mol. The molecular formula is C15H17N3O3S. The molecule has 0 radical (unpaired) electrons. The van der Waals surface area contributed by atoms with E-state index in [1.165, 1.54) is 11.3 Å². The Bertz CT molecular complexity index is 642. The normalized spacial score (nSPS) is 11.5. The molecule has 0 saturated heterocycles. The van der Waals surface area contributed by atoms with Gasteiger partial charge in [0.25, 0.3) is 5.91 Å². The number of thiazole rings is 1. The molecule has 1 aromatic heterocycles. The molecule has 116 valence electrons. The molecule has 7 heteroatoms. The molecular weight excluding hydrogens is 302 g/mol. The summed E-state index contributed by atoms with van der Waals surface area (Å²) < 4.78 is 5.32. The number of carbonyl (C=O) groups is 2. The minimum Gasteiger partial charge on any atom is -0.484 e. The summed E-state index contributed by atoms with van der Waals surface area (Å²) in [6, 6.07) is 8.34. The second kappa shape index (κ2) is 7.56. The number of nitrogens with one attached hydrogen (secondary N) is 2.